The van der Waals surface area contributed by atoms with Gasteiger partial charge in [0.2, 0.25) is 0 Å². The molecule has 0 fully saturated rings. The first-order valence-electron chi connectivity index (χ1n) is 6.10. The van der Waals surface area contributed by atoms with Crippen molar-refractivity contribution in [2.75, 3.05) is 0 Å². The number of hydrogen-bond donors (Lipinski definition) is 1. The summed E-state index contributed by atoms with van der Waals surface area (Å²) >= 11 is 0. The first-order chi connectivity index (χ1) is 9.58. The molecule has 0 saturated carbocycles. The van der Waals surface area contributed by atoms with E-state index in [0.29, 0.717) is 11.1 Å². The monoisotopic (exact) mass is 269 g/mol. The van der Waals surface area contributed by atoms with Crippen LogP contribution in [0.5, 0.6) is 0 Å². The molecule has 1 aromatic carbocycles. The first-order valence-corrected chi connectivity index (χ1v) is 6.10. The Kier molecular flexibility index (Phi) is 4.10. The zero-order chi connectivity index (χ0) is 14.5. The van der Waals surface area contributed by atoms with Gasteiger partial charge in [-0.1, -0.05) is 22.9 Å². The van der Waals surface area contributed by atoms with Gasteiger partial charge in [0.25, 0.3) is 0 Å². The Labute approximate surface area is 117 Å². The molecular formula is C15H15N3O2. The fourth-order valence-electron chi connectivity index (χ4n) is 1.75. The zero-order valence-corrected chi connectivity index (χ0v) is 11.3. The number of aryl methyl sites for hydroxylation is 2. The van der Waals surface area contributed by atoms with Gasteiger partial charge in [0, 0.05) is 18.0 Å². The van der Waals surface area contributed by atoms with Crippen LogP contribution < -0.4 is 5.73 Å². The largest absolute Gasteiger partial charge is 0.380 e. The molecule has 0 spiro atoms. The Morgan fingerprint density at radius 2 is 2.10 bits per heavy atom. The Hall–Kier alpha value is -2.69. The molecule has 0 saturated heterocycles. The number of carbonyl (C=O) groups excluding carboxylic acids is 1. The Morgan fingerprint density at radius 1 is 1.30 bits per heavy atom. The molecule has 2 aromatic rings. The minimum atomic E-state index is -0.533. The van der Waals surface area contributed by atoms with Crippen LogP contribution in [-0.2, 0) is 4.84 Å². The van der Waals surface area contributed by atoms with Gasteiger partial charge >= 0.3 is 5.97 Å². The second kappa shape index (κ2) is 5.97. The summed E-state index contributed by atoms with van der Waals surface area (Å²) in [5.41, 5.74) is 8.70. The van der Waals surface area contributed by atoms with Gasteiger partial charge in [-0.2, -0.15) is 0 Å². The molecular weight excluding hydrogens is 254 g/mol. The highest BCUT2D eigenvalue weighted by Crippen LogP contribution is 2.12. The lowest BCUT2D eigenvalue weighted by atomic mass is 10.1. The molecule has 0 atom stereocenters. The first kappa shape index (κ1) is 13.7. The van der Waals surface area contributed by atoms with Crippen molar-refractivity contribution >= 4 is 11.8 Å². The van der Waals surface area contributed by atoms with E-state index in [1.807, 2.05) is 26.0 Å². The Balaban J connectivity index is 2.12. The number of rotatable bonds is 3. The number of pyridine rings is 1. The molecule has 2 N–H and O–H groups in total. The van der Waals surface area contributed by atoms with E-state index in [2.05, 4.69) is 10.1 Å². The lowest BCUT2D eigenvalue weighted by Crippen LogP contribution is -2.15. The predicted molar refractivity (Wildman–Crippen MR) is 76.3 cm³/mol. The number of aromatic nitrogens is 1. The van der Waals surface area contributed by atoms with E-state index in [-0.39, 0.29) is 5.84 Å². The van der Waals surface area contributed by atoms with Crippen molar-refractivity contribution in [3.63, 3.8) is 0 Å². The number of nitrogens with two attached hydrogens (primary N) is 1. The Bertz CT molecular complexity index is 651. The SMILES string of the molecule is Cc1ccc(C(=O)O/N=C(/N)c2cccnc2)c(C)c1. The molecule has 0 aliphatic carbocycles. The lowest BCUT2D eigenvalue weighted by Gasteiger charge is -2.04. The summed E-state index contributed by atoms with van der Waals surface area (Å²) in [5, 5.41) is 3.64. The molecule has 0 unspecified atom stereocenters. The molecule has 0 aliphatic rings. The zero-order valence-electron chi connectivity index (χ0n) is 11.3. The van der Waals surface area contributed by atoms with Gasteiger partial charge in [-0.05, 0) is 37.6 Å². The molecule has 0 bridgehead atoms. The second-order valence-corrected chi connectivity index (χ2v) is 4.42. The second-order valence-electron chi connectivity index (χ2n) is 4.42. The van der Waals surface area contributed by atoms with Crippen molar-refractivity contribution in [1.29, 1.82) is 0 Å². The van der Waals surface area contributed by atoms with Crippen molar-refractivity contribution in [2.24, 2.45) is 10.9 Å². The van der Waals surface area contributed by atoms with Crippen LogP contribution in [0.25, 0.3) is 0 Å². The van der Waals surface area contributed by atoms with Gasteiger partial charge in [-0.25, -0.2) is 4.79 Å². The maximum Gasteiger partial charge on any atom is 0.366 e. The van der Waals surface area contributed by atoms with E-state index in [9.17, 15) is 4.79 Å². The minimum absolute atomic E-state index is 0.108. The highest BCUT2D eigenvalue weighted by Gasteiger charge is 2.11. The summed E-state index contributed by atoms with van der Waals surface area (Å²) in [7, 11) is 0. The number of benzene rings is 1. The summed E-state index contributed by atoms with van der Waals surface area (Å²) in [6.45, 7) is 3.80. The highest BCUT2D eigenvalue weighted by molar-refractivity contribution is 5.98. The van der Waals surface area contributed by atoms with Crippen LogP contribution in [0.1, 0.15) is 27.0 Å². The van der Waals surface area contributed by atoms with Crippen molar-refractivity contribution in [1.82, 2.24) is 4.98 Å². The normalized spacial score (nSPS) is 11.2. The lowest BCUT2D eigenvalue weighted by molar-refractivity contribution is 0.0515. The fourth-order valence-corrected chi connectivity index (χ4v) is 1.75. The third-order valence-electron chi connectivity index (χ3n) is 2.79. The minimum Gasteiger partial charge on any atom is -0.380 e. The molecule has 1 heterocycles. The molecule has 1 aromatic heterocycles. The number of nitrogens with zero attached hydrogens (tertiary/aromatic N) is 2. The van der Waals surface area contributed by atoms with E-state index in [4.69, 9.17) is 10.6 Å². The van der Waals surface area contributed by atoms with Gasteiger partial charge in [0.15, 0.2) is 5.84 Å². The third-order valence-corrected chi connectivity index (χ3v) is 2.79. The Morgan fingerprint density at radius 3 is 2.75 bits per heavy atom. The van der Waals surface area contributed by atoms with Gasteiger partial charge < -0.3 is 10.6 Å². The number of hydrogen-bond acceptors (Lipinski definition) is 4. The van der Waals surface area contributed by atoms with E-state index in [1.165, 1.54) is 0 Å². The van der Waals surface area contributed by atoms with Crippen molar-refractivity contribution < 1.29 is 9.63 Å². The molecule has 20 heavy (non-hydrogen) atoms. The van der Waals surface area contributed by atoms with Crippen LogP contribution >= 0.6 is 0 Å². The van der Waals surface area contributed by atoms with Gasteiger partial charge in [-0.15, -0.1) is 0 Å². The molecule has 2 rings (SSSR count). The summed E-state index contributed by atoms with van der Waals surface area (Å²) in [6.07, 6.45) is 3.17. The average molecular weight is 269 g/mol. The number of carbonyl (C=O) groups is 1. The summed E-state index contributed by atoms with van der Waals surface area (Å²) in [6, 6.07) is 8.92. The van der Waals surface area contributed by atoms with Crippen molar-refractivity contribution in [3.05, 3.63) is 65.0 Å². The summed E-state index contributed by atoms with van der Waals surface area (Å²) in [4.78, 5) is 20.7. The molecule has 0 amide bonds. The van der Waals surface area contributed by atoms with Crippen molar-refractivity contribution in [3.8, 4) is 0 Å². The highest BCUT2D eigenvalue weighted by atomic mass is 16.7. The maximum atomic E-state index is 11.9. The van der Waals surface area contributed by atoms with Crippen LogP contribution in [0.15, 0.2) is 47.9 Å². The van der Waals surface area contributed by atoms with E-state index < -0.39 is 5.97 Å². The van der Waals surface area contributed by atoms with Crippen LogP contribution in [0.3, 0.4) is 0 Å². The van der Waals surface area contributed by atoms with Crippen LogP contribution in [-0.4, -0.2) is 16.8 Å². The van der Waals surface area contributed by atoms with E-state index in [1.54, 1.807) is 30.6 Å². The molecule has 0 radical (unpaired) electrons. The maximum absolute atomic E-state index is 11.9. The summed E-state index contributed by atoms with van der Waals surface area (Å²) < 4.78 is 0. The predicted octanol–water partition coefficient (Wildman–Crippen LogP) is 2.18. The van der Waals surface area contributed by atoms with Gasteiger partial charge in [0.1, 0.15) is 0 Å². The molecule has 5 heteroatoms. The number of amidine groups is 1. The molecule has 102 valence electrons. The molecule has 5 nitrogen and oxygen atoms in total. The standard InChI is InChI=1S/C15H15N3O2/c1-10-5-6-13(11(2)8-10)15(19)20-18-14(16)12-4-3-7-17-9-12/h3-9H,1-2H3,(H2,16,18). The van der Waals surface area contributed by atoms with Gasteiger partial charge in [0.05, 0.1) is 5.56 Å². The van der Waals surface area contributed by atoms with Crippen LogP contribution in [0, 0.1) is 13.8 Å². The van der Waals surface area contributed by atoms with Crippen LogP contribution in [0.2, 0.25) is 0 Å². The number of oxime groups is 1. The molecule has 0 aliphatic heterocycles. The fraction of sp³-hybridized carbons (Fsp3) is 0.133. The summed E-state index contributed by atoms with van der Waals surface area (Å²) in [5.74, 6) is -0.425. The van der Waals surface area contributed by atoms with Gasteiger partial charge in [-0.3, -0.25) is 4.98 Å². The van der Waals surface area contributed by atoms with Crippen LogP contribution in [0.4, 0.5) is 0 Å². The average Bonchev–Trinajstić information content (AvgIpc) is 2.45. The van der Waals surface area contributed by atoms with Crippen molar-refractivity contribution in [2.45, 2.75) is 13.8 Å². The smallest absolute Gasteiger partial charge is 0.366 e. The topological polar surface area (TPSA) is 77.6 Å². The third kappa shape index (κ3) is 3.20. The van der Waals surface area contributed by atoms with E-state index in [0.717, 1.165) is 11.1 Å². The quantitative estimate of drug-likeness (QED) is 0.401. The van der Waals surface area contributed by atoms with E-state index >= 15 is 0 Å².